The third-order valence-corrected chi connectivity index (χ3v) is 5.80. The molecule has 0 saturated carbocycles. The fraction of sp³-hybridized carbons (Fsp3) is 0.500. The highest BCUT2D eigenvalue weighted by molar-refractivity contribution is 6.02. The molecule has 3 aliphatic heterocycles. The van der Waals surface area contributed by atoms with E-state index in [9.17, 15) is 9.59 Å². The van der Waals surface area contributed by atoms with Crippen LogP contribution < -0.4 is 4.90 Å². The van der Waals surface area contributed by atoms with Gasteiger partial charge in [0, 0.05) is 37.4 Å². The minimum atomic E-state index is -0.0987. The molecule has 2 amide bonds. The molecule has 0 radical (unpaired) electrons. The van der Waals surface area contributed by atoms with Crippen LogP contribution in [0.25, 0.3) is 0 Å². The van der Waals surface area contributed by atoms with E-state index in [4.69, 9.17) is 9.47 Å². The van der Waals surface area contributed by atoms with E-state index in [1.165, 1.54) is 6.08 Å². The molecule has 2 fully saturated rings. The first-order valence-electron chi connectivity index (χ1n) is 9.12. The molecular formula is C20H24N2O4. The number of hydrogen-bond acceptors (Lipinski definition) is 4. The van der Waals surface area contributed by atoms with E-state index in [-0.39, 0.29) is 29.9 Å². The molecule has 1 aromatic carbocycles. The number of methoxy groups -OCH3 is 1. The molecule has 4 rings (SSSR count). The average Bonchev–Trinajstić information content (AvgIpc) is 3.28. The van der Waals surface area contributed by atoms with Crippen molar-refractivity contribution in [3.05, 3.63) is 42.0 Å². The summed E-state index contributed by atoms with van der Waals surface area (Å²) >= 11 is 0. The van der Waals surface area contributed by atoms with Crippen molar-refractivity contribution in [1.29, 1.82) is 0 Å². The van der Waals surface area contributed by atoms with Gasteiger partial charge >= 0.3 is 0 Å². The first-order chi connectivity index (χ1) is 12.6. The largest absolute Gasteiger partial charge is 0.379 e. The molecule has 0 aromatic heterocycles. The molecule has 3 atom stereocenters. The molecule has 1 aromatic rings. The van der Waals surface area contributed by atoms with Crippen molar-refractivity contribution >= 4 is 17.5 Å². The summed E-state index contributed by atoms with van der Waals surface area (Å²) in [7, 11) is 1.69. The van der Waals surface area contributed by atoms with Crippen LogP contribution in [-0.4, -0.2) is 62.3 Å². The van der Waals surface area contributed by atoms with Crippen molar-refractivity contribution in [3.8, 4) is 0 Å². The summed E-state index contributed by atoms with van der Waals surface area (Å²) in [5.74, 6) is 0.167. The Kier molecular flexibility index (Phi) is 4.54. The van der Waals surface area contributed by atoms with Gasteiger partial charge in [0.25, 0.3) is 5.91 Å². The topological polar surface area (TPSA) is 59.1 Å². The smallest absolute Gasteiger partial charge is 0.254 e. The lowest BCUT2D eigenvalue weighted by Gasteiger charge is -2.29. The minimum Gasteiger partial charge on any atom is -0.379 e. The van der Waals surface area contributed by atoms with Crippen LogP contribution in [0.4, 0.5) is 5.69 Å². The van der Waals surface area contributed by atoms with Crippen LogP contribution in [-0.2, 0) is 20.7 Å². The maximum atomic E-state index is 13.1. The van der Waals surface area contributed by atoms with E-state index >= 15 is 0 Å². The van der Waals surface area contributed by atoms with E-state index in [1.807, 2.05) is 23.1 Å². The number of benzene rings is 1. The highest BCUT2D eigenvalue weighted by atomic mass is 16.5. The van der Waals surface area contributed by atoms with Gasteiger partial charge in [-0.3, -0.25) is 9.59 Å². The van der Waals surface area contributed by atoms with Crippen LogP contribution in [0, 0.1) is 5.92 Å². The third-order valence-electron chi connectivity index (χ3n) is 5.80. The number of fused-ring (bicyclic) bond motifs is 2. The highest BCUT2D eigenvalue weighted by Crippen LogP contribution is 2.34. The van der Waals surface area contributed by atoms with Crippen LogP contribution in [0.3, 0.4) is 0 Å². The number of carbonyl (C=O) groups is 2. The number of aryl methyl sites for hydroxylation is 1. The lowest BCUT2D eigenvalue weighted by molar-refractivity contribution is -0.114. The van der Waals surface area contributed by atoms with Crippen LogP contribution in [0.15, 0.2) is 30.9 Å². The Morgan fingerprint density at radius 1 is 1.35 bits per heavy atom. The van der Waals surface area contributed by atoms with Gasteiger partial charge in [0.15, 0.2) is 0 Å². The molecule has 26 heavy (non-hydrogen) atoms. The lowest BCUT2D eigenvalue weighted by Crippen LogP contribution is -2.38. The standard InChI is InChI=1S/C20H24N2O4/c1-3-19(23)21-8-4-5-13-9-14(6-7-16(13)21)20(24)22-10-18(25-2)15-11-26-12-17(15)22/h3,6-7,9,15,17-18H,1,4-5,8,10-12H2,2H3/t15-,17+,18-/m1/s1. The van der Waals surface area contributed by atoms with Gasteiger partial charge in [0.1, 0.15) is 0 Å². The molecule has 0 bridgehead atoms. The number of carbonyl (C=O) groups excluding carboxylic acids is 2. The fourth-order valence-electron chi connectivity index (χ4n) is 4.42. The van der Waals surface area contributed by atoms with Crippen LogP contribution in [0.1, 0.15) is 22.3 Å². The normalized spacial score (nSPS) is 27.2. The van der Waals surface area contributed by atoms with Crippen LogP contribution in [0.5, 0.6) is 0 Å². The predicted octanol–water partition coefficient (Wildman–Crippen LogP) is 1.64. The maximum absolute atomic E-state index is 13.1. The van der Waals surface area contributed by atoms with Crippen molar-refractivity contribution in [1.82, 2.24) is 4.90 Å². The van der Waals surface area contributed by atoms with Gasteiger partial charge < -0.3 is 19.3 Å². The van der Waals surface area contributed by atoms with E-state index in [0.29, 0.717) is 31.9 Å². The number of anilines is 1. The maximum Gasteiger partial charge on any atom is 0.254 e. The van der Waals surface area contributed by atoms with Gasteiger partial charge in [-0.2, -0.15) is 0 Å². The van der Waals surface area contributed by atoms with Gasteiger partial charge in [-0.25, -0.2) is 0 Å². The van der Waals surface area contributed by atoms with E-state index in [1.54, 1.807) is 12.0 Å². The highest BCUT2D eigenvalue weighted by Gasteiger charge is 2.47. The zero-order valence-corrected chi connectivity index (χ0v) is 15.0. The first kappa shape index (κ1) is 17.2. The monoisotopic (exact) mass is 356 g/mol. The quantitative estimate of drug-likeness (QED) is 0.773. The number of nitrogens with zero attached hydrogens (tertiary/aromatic N) is 2. The zero-order chi connectivity index (χ0) is 18.3. The number of hydrogen-bond donors (Lipinski definition) is 0. The summed E-state index contributed by atoms with van der Waals surface area (Å²) in [5, 5.41) is 0. The van der Waals surface area contributed by atoms with Crippen molar-refractivity contribution in [2.24, 2.45) is 5.92 Å². The Hall–Kier alpha value is -2.18. The van der Waals surface area contributed by atoms with Crippen LogP contribution >= 0.6 is 0 Å². The molecule has 0 aliphatic carbocycles. The Morgan fingerprint density at radius 3 is 2.96 bits per heavy atom. The first-order valence-corrected chi connectivity index (χ1v) is 9.12. The molecule has 6 nitrogen and oxygen atoms in total. The number of likely N-dealkylation sites (tertiary alicyclic amines) is 1. The van der Waals surface area contributed by atoms with Gasteiger partial charge in [-0.15, -0.1) is 0 Å². The molecular weight excluding hydrogens is 332 g/mol. The van der Waals surface area contributed by atoms with Gasteiger partial charge in [-0.05, 0) is 42.7 Å². The fourth-order valence-corrected chi connectivity index (χ4v) is 4.42. The van der Waals surface area contributed by atoms with Gasteiger partial charge in [0.2, 0.25) is 5.91 Å². The molecule has 3 aliphatic rings. The molecule has 3 heterocycles. The summed E-state index contributed by atoms with van der Waals surface area (Å²) in [6.07, 6.45) is 3.12. The Labute approximate surface area is 153 Å². The Bertz CT molecular complexity index is 747. The Morgan fingerprint density at radius 2 is 2.19 bits per heavy atom. The predicted molar refractivity (Wildman–Crippen MR) is 97.2 cm³/mol. The average molecular weight is 356 g/mol. The molecule has 0 N–H and O–H groups in total. The van der Waals surface area contributed by atoms with Crippen molar-refractivity contribution in [2.75, 3.05) is 38.3 Å². The lowest BCUT2D eigenvalue weighted by atomic mass is 9.98. The van der Waals surface area contributed by atoms with E-state index in [0.717, 1.165) is 24.1 Å². The van der Waals surface area contributed by atoms with Crippen LogP contribution in [0.2, 0.25) is 0 Å². The summed E-state index contributed by atoms with van der Waals surface area (Å²) in [6, 6.07) is 5.73. The third kappa shape index (κ3) is 2.73. The second-order valence-electron chi connectivity index (χ2n) is 7.14. The van der Waals surface area contributed by atoms with Crippen molar-refractivity contribution in [2.45, 2.75) is 25.0 Å². The number of amides is 2. The number of ether oxygens (including phenoxy) is 2. The van der Waals surface area contributed by atoms with Crippen molar-refractivity contribution in [3.63, 3.8) is 0 Å². The molecule has 0 unspecified atom stereocenters. The van der Waals surface area contributed by atoms with E-state index in [2.05, 4.69) is 6.58 Å². The number of rotatable bonds is 3. The van der Waals surface area contributed by atoms with Gasteiger partial charge in [0.05, 0.1) is 25.4 Å². The summed E-state index contributed by atoms with van der Waals surface area (Å²) in [5.41, 5.74) is 2.59. The second-order valence-corrected chi connectivity index (χ2v) is 7.14. The second kappa shape index (κ2) is 6.85. The molecule has 0 spiro atoms. The summed E-state index contributed by atoms with van der Waals surface area (Å²) in [6.45, 7) is 6.09. The Balaban J connectivity index is 1.60. The van der Waals surface area contributed by atoms with Gasteiger partial charge in [-0.1, -0.05) is 6.58 Å². The zero-order valence-electron chi connectivity index (χ0n) is 15.0. The minimum absolute atomic E-state index is 0.0139. The molecule has 6 heteroatoms. The summed E-state index contributed by atoms with van der Waals surface area (Å²) in [4.78, 5) is 28.8. The summed E-state index contributed by atoms with van der Waals surface area (Å²) < 4.78 is 11.1. The molecule has 2 saturated heterocycles. The SMILES string of the molecule is C=CC(=O)N1CCCc2cc(C(=O)N3C[C@@H](OC)[C@@H]4COC[C@@H]43)ccc21. The molecule has 138 valence electrons. The van der Waals surface area contributed by atoms with Crippen molar-refractivity contribution < 1.29 is 19.1 Å². The van der Waals surface area contributed by atoms with E-state index < -0.39 is 0 Å².